The van der Waals surface area contributed by atoms with Crippen LogP contribution < -0.4 is 10.6 Å². The minimum atomic E-state index is -1.11. The first-order valence-corrected chi connectivity index (χ1v) is 9.89. The van der Waals surface area contributed by atoms with E-state index in [1.165, 1.54) is 32.2 Å². The lowest BCUT2D eigenvalue weighted by Gasteiger charge is -2.18. The zero-order chi connectivity index (χ0) is 24.5. The molecule has 2 aromatic carbocycles. The van der Waals surface area contributed by atoms with E-state index in [2.05, 4.69) is 10.6 Å². The summed E-state index contributed by atoms with van der Waals surface area (Å²) in [6.45, 7) is 2.40. The Balaban J connectivity index is 1.79. The van der Waals surface area contributed by atoms with Crippen molar-refractivity contribution in [2.45, 2.75) is 19.9 Å². The van der Waals surface area contributed by atoms with Crippen LogP contribution in [0.4, 0.5) is 11.4 Å². The molecule has 0 fully saturated rings. The van der Waals surface area contributed by atoms with E-state index in [0.717, 1.165) is 16.5 Å². The summed E-state index contributed by atoms with van der Waals surface area (Å²) in [4.78, 5) is 59.8. The predicted molar refractivity (Wildman–Crippen MR) is 118 cm³/mol. The molecule has 2 aromatic rings. The zero-order valence-electron chi connectivity index (χ0n) is 18.4. The van der Waals surface area contributed by atoms with Crippen molar-refractivity contribution in [3.05, 3.63) is 69.8 Å². The Hall–Kier alpha value is -4.28. The molecule has 0 radical (unpaired) electrons. The summed E-state index contributed by atoms with van der Waals surface area (Å²) < 4.78 is 4.91. The highest BCUT2D eigenvalue weighted by Crippen LogP contribution is 2.13. The summed E-state index contributed by atoms with van der Waals surface area (Å²) in [5.74, 6) is -2.61. The molecule has 0 aliphatic heterocycles. The summed E-state index contributed by atoms with van der Waals surface area (Å²) in [6, 6.07) is 11.1. The van der Waals surface area contributed by atoms with Crippen LogP contribution in [0.3, 0.4) is 0 Å². The largest absolute Gasteiger partial charge is 0.454 e. The summed E-state index contributed by atoms with van der Waals surface area (Å²) in [6.07, 6.45) is 0. The van der Waals surface area contributed by atoms with E-state index < -0.39 is 41.3 Å². The van der Waals surface area contributed by atoms with Crippen molar-refractivity contribution in [2.75, 3.05) is 25.5 Å². The van der Waals surface area contributed by atoms with E-state index >= 15 is 0 Å². The number of amides is 3. The molecule has 33 heavy (non-hydrogen) atoms. The molecular weight excluding hydrogens is 432 g/mol. The second-order valence-corrected chi connectivity index (χ2v) is 7.27. The number of nitro groups is 1. The first kappa shape index (κ1) is 25.0. The molecule has 0 aromatic heterocycles. The number of hydrogen-bond acceptors (Lipinski definition) is 7. The third-order valence-corrected chi connectivity index (χ3v) is 4.50. The number of nitrogens with one attached hydrogen (secondary N) is 2. The number of rotatable bonds is 9. The smallest absolute Gasteiger partial charge is 0.328 e. The van der Waals surface area contributed by atoms with Gasteiger partial charge < -0.3 is 20.3 Å². The van der Waals surface area contributed by atoms with Gasteiger partial charge in [0.15, 0.2) is 6.61 Å². The maximum atomic E-state index is 12.2. The van der Waals surface area contributed by atoms with Gasteiger partial charge in [0.25, 0.3) is 17.5 Å². The Bertz CT molecular complexity index is 1050. The van der Waals surface area contributed by atoms with Crippen molar-refractivity contribution in [3.8, 4) is 0 Å². The molecule has 0 heterocycles. The molecule has 0 bridgehead atoms. The molecule has 2 N–H and O–H groups in total. The van der Waals surface area contributed by atoms with E-state index in [9.17, 15) is 29.3 Å². The Kier molecular flexibility index (Phi) is 8.61. The van der Waals surface area contributed by atoms with Gasteiger partial charge in [0.05, 0.1) is 11.5 Å². The lowest BCUT2D eigenvalue weighted by molar-refractivity contribution is -0.384. The van der Waals surface area contributed by atoms with E-state index in [-0.39, 0.29) is 17.8 Å². The molecule has 11 nitrogen and oxygen atoms in total. The Morgan fingerprint density at radius 1 is 1.12 bits per heavy atom. The van der Waals surface area contributed by atoms with Crippen molar-refractivity contribution in [2.24, 2.45) is 0 Å². The maximum Gasteiger partial charge on any atom is 0.328 e. The van der Waals surface area contributed by atoms with E-state index in [1.807, 2.05) is 19.1 Å². The molecule has 174 valence electrons. The third kappa shape index (κ3) is 7.73. The van der Waals surface area contributed by atoms with Crippen LogP contribution in [-0.2, 0) is 19.1 Å². The highest BCUT2D eigenvalue weighted by molar-refractivity contribution is 5.97. The fourth-order valence-electron chi connectivity index (χ4n) is 2.61. The third-order valence-electron chi connectivity index (χ3n) is 4.50. The van der Waals surface area contributed by atoms with Crippen molar-refractivity contribution < 1.29 is 28.8 Å². The molecule has 0 aliphatic carbocycles. The SMILES string of the molecule is Cc1ccc(NC(=O)CN(C)C(=O)COC(=O)C(C)NC(=O)c2cccc([N+](=O)[O-])c2)cc1. The fraction of sp³-hybridized carbons (Fsp3) is 0.273. The van der Waals surface area contributed by atoms with Crippen LogP contribution in [0.15, 0.2) is 48.5 Å². The van der Waals surface area contributed by atoms with E-state index in [0.29, 0.717) is 5.69 Å². The summed E-state index contributed by atoms with van der Waals surface area (Å²) in [5.41, 5.74) is 1.36. The average Bonchev–Trinajstić information content (AvgIpc) is 2.78. The highest BCUT2D eigenvalue weighted by Gasteiger charge is 2.21. The molecule has 1 unspecified atom stereocenters. The van der Waals surface area contributed by atoms with Gasteiger partial charge in [0, 0.05) is 30.4 Å². The second kappa shape index (κ2) is 11.4. The Labute approximate surface area is 189 Å². The number of non-ortho nitro benzene ring substituents is 1. The lowest BCUT2D eigenvalue weighted by atomic mass is 10.2. The molecule has 0 spiro atoms. The van der Waals surface area contributed by atoms with Gasteiger partial charge in [-0.05, 0) is 32.0 Å². The van der Waals surface area contributed by atoms with Gasteiger partial charge in [0.2, 0.25) is 5.91 Å². The number of carbonyl (C=O) groups is 4. The number of hydrogen-bond donors (Lipinski definition) is 2. The first-order chi connectivity index (χ1) is 15.6. The van der Waals surface area contributed by atoms with Gasteiger partial charge in [-0.3, -0.25) is 24.5 Å². The topological polar surface area (TPSA) is 148 Å². The lowest BCUT2D eigenvalue weighted by Crippen LogP contribution is -2.42. The van der Waals surface area contributed by atoms with Gasteiger partial charge in [-0.15, -0.1) is 0 Å². The Morgan fingerprint density at radius 3 is 2.42 bits per heavy atom. The standard InChI is InChI=1S/C22H24N4O7/c1-14-7-9-17(10-8-14)24-19(27)12-25(3)20(28)13-33-22(30)15(2)23-21(29)16-5-4-6-18(11-16)26(31)32/h4-11,15H,12-13H2,1-3H3,(H,23,29)(H,24,27). The minimum Gasteiger partial charge on any atom is -0.454 e. The quantitative estimate of drug-likeness (QED) is 0.331. The predicted octanol–water partition coefficient (Wildman–Crippen LogP) is 1.66. The molecule has 3 amide bonds. The monoisotopic (exact) mass is 456 g/mol. The number of nitro benzene ring substituents is 1. The van der Waals surface area contributed by atoms with Gasteiger partial charge >= 0.3 is 5.97 Å². The number of aryl methyl sites for hydroxylation is 1. The molecule has 11 heteroatoms. The normalized spacial score (nSPS) is 11.1. The number of benzene rings is 2. The van der Waals surface area contributed by atoms with Crippen molar-refractivity contribution in [1.82, 2.24) is 10.2 Å². The number of likely N-dealkylation sites (N-methyl/N-ethyl adjacent to an activating group) is 1. The van der Waals surface area contributed by atoms with Gasteiger partial charge in [-0.25, -0.2) is 4.79 Å². The van der Waals surface area contributed by atoms with Crippen LogP contribution in [0.25, 0.3) is 0 Å². The van der Waals surface area contributed by atoms with E-state index in [4.69, 9.17) is 4.74 Å². The van der Waals surface area contributed by atoms with Gasteiger partial charge in [-0.2, -0.15) is 0 Å². The van der Waals surface area contributed by atoms with Crippen molar-refractivity contribution in [3.63, 3.8) is 0 Å². The zero-order valence-corrected chi connectivity index (χ0v) is 18.4. The minimum absolute atomic E-state index is 0.000696. The molecule has 2 rings (SSSR count). The summed E-state index contributed by atoms with van der Waals surface area (Å²) >= 11 is 0. The number of ether oxygens (including phenoxy) is 1. The van der Waals surface area contributed by atoms with Gasteiger partial charge in [0.1, 0.15) is 6.04 Å². The summed E-state index contributed by atoms with van der Waals surface area (Å²) in [7, 11) is 1.39. The first-order valence-electron chi connectivity index (χ1n) is 9.89. The number of anilines is 1. The van der Waals surface area contributed by atoms with Crippen LogP contribution >= 0.6 is 0 Å². The highest BCUT2D eigenvalue weighted by atomic mass is 16.6. The number of nitrogens with zero attached hydrogens (tertiary/aromatic N) is 2. The molecule has 0 saturated carbocycles. The van der Waals surface area contributed by atoms with Crippen molar-refractivity contribution in [1.29, 1.82) is 0 Å². The van der Waals surface area contributed by atoms with Crippen LogP contribution in [0.5, 0.6) is 0 Å². The average molecular weight is 456 g/mol. The Morgan fingerprint density at radius 2 is 1.79 bits per heavy atom. The molecule has 0 aliphatic rings. The van der Waals surface area contributed by atoms with Crippen LogP contribution in [0.1, 0.15) is 22.8 Å². The number of carbonyl (C=O) groups excluding carboxylic acids is 4. The molecule has 0 saturated heterocycles. The second-order valence-electron chi connectivity index (χ2n) is 7.27. The van der Waals surface area contributed by atoms with Crippen molar-refractivity contribution >= 4 is 35.1 Å². The maximum absolute atomic E-state index is 12.2. The fourth-order valence-corrected chi connectivity index (χ4v) is 2.61. The number of esters is 1. The van der Waals surface area contributed by atoms with Crippen LogP contribution in [0.2, 0.25) is 0 Å². The molecule has 1 atom stereocenters. The molecular formula is C22H24N4O7. The van der Waals surface area contributed by atoms with Crippen LogP contribution in [0, 0.1) is 17.0 Å². The van der Waals surface area contributed by atoms with Gasteiger partial charge in [-0.1, -0.05) is 23.8 Å². The summed E-state index contributed by atoms with van der Waals surface area (Å²) in [5, 5.41) is 15.8. The van der Waals surface area contributed by atoms with Crippen LogP contribution in [-0.4, -0.2) is 59.8 Å². The van der Waals surface area contributed by atoms with E-state index in [1.54, 1.807) is 12.1 Å².